The van der Waals surface area contributed by atoms with E-state index in [0.29, 0.717) is 22.9 Å². The van der Waals surface area contributed by atoms with Gasteiger partial charge in [0.15, 0.2) is 5.82 Å². The van der Waals surface area contributed by atoms with E-state index in [2.05, 4.69) is 20.7 Å². The molecule has 3 N–H and O–H groups in total. The molecule has 0 aliphatic heterocycles. The quantitative estimate of drug-likeness (QED) is 0.428. The van der Waals surface area contributed by atoms with Gasteiger partial charge < -0.3 is 10.3 Å². The fraction of sp³-hybridized carbons (Fsp3) is 0.133. The number of hydrazone groups is 1. The van der Waals surface area contributed by atoms with E-state index in [1.165, 1.54) is 23.0 Å². The Morgan fingerprint density at radius 3 is 2.72 bits per heavy atom. The highest BCUT2D eigenvalue weighted by Gasteiger charge is 2.30. The Bertz CT molecular complexity index is 912. The number of nitrogen functional groups attached to an aromatic ring is 1. The molecule has 3 rings (SSSR count). The summed E-state index contributed by atoms with van der Waals surface area (Å²) in [6.45, 7) is 1.68. The van der Waals surface area contributed by atoms with Crippen LogP contribution in [0.2, 0.25) is 0 Å². The van der Waals surface area contributed by atoms with Gasteiger partial charge in [0.25, 0.3) is 5.95 Å². The van der Waals surface area contributed by atoms with Gasteiger partial charge in [-0.25, -0.2) is 10.1 Å². The molecule has 0 aliphatic rings. The lowest BCUT2D eigenvalue weighted by molar-refractivity contribution is -0.137. The zero-order valence-electron chi connectivity index (χ0n) is 12.9. The Kier molecular flexibility index (Phi) is 4.17. The lowest BCUT2D eigenvalue weighted by Gasteiger charge is -2.07. The highest BCUT2D eigenvalue weighted by Crippen LogP contribution is 2.32. The summed E-state index contributed by atoms with van der Waals surface area (Å²) in [6.07, 6.45) is -3.06. The molecule has 0 spiro atoms. The van der Waals surface area contributed by atoms with E-state index in [0.717, 1.165) is 12.1 Å². The maximum absolute atomic E-state index is 12.8. The normalized spacial score (nSPS) is 12.0. The van der Waals surface area contributed by atoms with Crippen LogP contribution in [-0.4, -0.2) is 21.1 Å². The molecule has 0 fully saturated rings. The zero-order valence-corrected chi connectivity index (χ0v) is 12.9. The number of hydrogen-bond acceptors (Lipinski definition) is 6. The van der Waals surface area contributed by atoms with Crippen LogP contribution in [0.25, 0.3) is 11.3 Å². The van der Waals surface area contributed by atoms with Crippen molar-refractivity contribution in [2.45, 2.75) is 13.1 Å². The van der Waals surface area contributed by atoms with Crippen LogP contribution in [0.5, 0.6) is 0 Å². The van der Waals surface area contributed by atoms with E-state index in [9.17, 15) is 13.2 Å². The van der Waals surface area contributed by atoms with Crippen LogP contribution >= 0.6 is 0 Å². The van der Waals surface area contributed by atoms with Crippen LogP contribution in [0.4, 0.5) is 19.1 Å². The Balaban J connectivity index is 1.74. The topological polar surface area (TPSA) is 94.3 Å². The Labute approximate surface area is 139 Å². The van der Waals surface area contributed by atoms with Crippen LogP contribution in [0.15, 0.2) is 45.9 Å². The minimum absolute atomic E-state index is 0.235. The second-order valence-electron chi connectivity index (χ2n) is 5.09. The molecule has 25 heavy (non-hydrogen) atoms. The van der Waals surface area contributed by atoms with Crippen molar-refractivity contribution in [3.05, 3.63) is 53.5 Å². The third-order valence-corrected chi connectivity index (χ3v) is 3.32. The lowest BCUT2D eigenvalue weighted by atomic mass is 10.1. The highest BCUT2D eigenvalue weighted by atomic mass is 19.4. The van der Waals surface area contributed by atoms with Crippen LogP contribution in [0.1, 0.15) is 17.1 Å². The van der Waals surface area contributed by atoms with Crippen molar-refractivity contribution >= 4 is 12.2 Å². The van der Waals surface area contributed by atoms with Gasteiger partial charge in [-0.3, -0.25) is 0 Å². The van der Waals surface area contributed by atoms with E-state index < -0.39 is 11.7 Å². The van der Waals surface area contributed by atoms with Crippen molar-refractivity contribution in [3.63, 3.8) is 0 Å². The number of aryl methyl sites for hydroxylation is 1. The summed E-state index contributed by atoms with van der Waals surface area (Å²) in [5.74, 6) is 7.03. The number of nitrogens with one attached hydrogen (secondary N) is 1. The fourth-order valence-electron chi connectivity index (χ4n) is 2.03. The number of rotatable bonds is 4. The van der Waals surface area contributed by atoms with E-state index in [4.69, 9.17) is 10.3 Å². The van der Waals surface area contributed by atoms with Crippen molar-refractivity contribution in [1.29, 1.82) is 0 Å². The van der Waals surface area contributed by atoms with Gasteiger partial charge in [-0.1, -0.05) is 12.1 Å². The van der Waals surface area contributed by atoms with Crippen LogP contribution < -0.4 is 11.3 Å². The summed E-state index contributed by atoms with van der Waals surface area (Å²) in [4.78, 5) is 0. The molecule has 2 aromatic heterocycles. The molecule has 130 valence electrons. The van der Waals surface area contributed by atoms with Gasteiger partial charge in [0.05, 0.1) is 11.8 Å². The third-order valence-electron chi connectivity index (χ3n) is 3.32. The average molecular weight is 350 g/mol. The number of furan rings is 1. The first kappa shape index (κ1) is 16.6. The van der Waals surface area contributed by atoms with Gasteiger partial charge in [-0.15, -0.1) is 10.2 Å². The number of halogens is 3. The summed E-state index contributed by atoms with van der Waals surface area (Å²) in [5, 5.41) is 11.4. The molecule has 0 unspecified atom stereocenters. The minimum atomic E-state index is -4.41. The molecule has 10 heteroatoms. The smallest absolute Gasteiger partial charge is 0.416 e. The van der Waals surface area contributed by atoms with Gasteiger partial charge in [-0.2, -0.15) is 18.3 Å². The van der Waals surface area contributed by atoms with Crippen molar-refractivity contribution in [2.24, 2.45) is 5.10 Å². The summed E-state index contributed by atoms with van der Waals surface area (Å²) in [5.41, 5.74) is 2.16. The Hall–Kier alpha value is -3.30. The maximum atomic E-state index is 12.8. The molecule has 0 bridgehead atoms. The van der Waals surface area contributed by atoms with Gasteiger partial charge in [-0.05, 0) is 31.2 Å². The number of hydrogen-bond donors (Lipinski definition) is 2. The van der Waals surface area contributed by atoms with Gasteiger partial charge >= 0.3 is 6.18 Å². The van der Waals surface area contributed by atoms with Crippen molar-refractivity contribution < 1.29 is 17.6 Å². The molecule has 0 atom stereocenters. The summed E-state index contributed by atoms with van der Waals surface area (Å²) in [6, 6.07) is 8.03. The Morgan fingerprint density at radius 2 is 2.04 bits per heavy atom. The second-order valence-corrected chi connectivity index (χ2v) is 5.09. The number of alkyl halides is 3. The SMILES string of the molecule is Cc1nnc(N/N=C/c2ccc(-c3cccc(C(F)(F)F)c3)o2)n1N. The predicted molar refractivity (Wildman–Crippen MR) is 85.3 cm³/mol. The van der Waals surface area contributed by atoms with E-state index in [1.807, 2.05) is 0 Å². The van der Waals surface area contributed by atoms with Gasteiger partial charge in [0.1, 0.15) is 11.5 Å². The molecule has 0 amide bonds. The second kappa shape index (κ2) is 6.30. The minimum Gasteiger partial charge on any atom is -0.455 e. The van der Waals surface area contributed by atoms with Crippen molar-refractivity contribution in [2.75, 3.05) is 11.3 Å². The number of anilines is 1. The van der Waals surface area contributed by atoms with Crippen molar-refractivity contribution in [1.82, 2.24) is 14.9 Å². The monoisotopic (exact) mass is 350 g/mol. The fourth-order valence-corrected chi connectivity index (χ4v) is 2.03. The van der Waals surface area contributed by atoms with Gasteiger partial charge in [0, 0.05) is 5.56 Å². The van der Waals surface area contributed by atoms with E-state index in [1.54, 1.807) is 19.1 Å². The van der Waals surface area contributed by atoms with Crippen LogP contribution in [0, 0.1) is 6.92 Å². The Morgan fingerprint density at radius 1 is 1.24 bits per heavy atom. The number of benzene rings is 1. The number of nitrogens with two attached hydrogens (primary N) is 1. The predicted octanol–water partition coefficient (Wildman–Crippen LogP) is 3.03. The van der Waals surface area contributed by atoms with Crippen LogP contribution in [-0.2, 0) is 6.18 Å². The average Bonchev–Trinajstić information content (AvgIpc) is 3.16. The molecule has 2 heterocycles. The molecule has 7 nitrogen and oxygen atoms in total. The summed E-state index contributed by atoms with van der Waals surface area (Å²) >= 11 is 0. The van der Waals surface area contributed by atoms with E-state index >= 15 is 0 Å². The van der Waals surface area contributed by atoms with Crippen LogP contribution in [0.3, 0.4) is 0 Å². The molecule has 3 aromatic rings. The number of nitrogens with zero attached hydrogens (tertiary/aromatic N) is 4. The van der Waals surface area contributed by atoms with E-state index in [-0.39, 0.29) is 5.95 Å². The maximum Gasteiger partial charge on any atom is 0.416 e. The zero-order chi connectivity index (χ0) is 18.0. The molecule has 0 saturated carbocycles. The lowest BCUT2D eigenvalue weighted by Crippen LogP contribution is -2.13. The molecular formula is C15H13F3N6O. The molecule has 1 aromatic carbocycles. The molecule has 0 aliphatic carbocycles. The highest BCUT2D eigenvalue weighted by molar-refractivity contribution is 5.78. The first-order chi connectivity index (χ1) is 11.8. The largest absolute Gasteiger partial charge is 0.455 e. The third kappa shape index (κ3) is 3.62. The molecule has 0 radical (unpaired) electrons. The van der Waals surface area contributed by atoms with Crippen molar-refractivity contribution in [3.8, 4) is 11.3 Å². The molecule has 0 saturated heterocycles. The summed E-state index contributed by atoms with van der Waals surface area (Å²) in [7, 11) is 0. The first-order valence-corrected chi connectivity index (χ1v) is 7.08. The number of aromatic nitrogens is 3. The molecular weight excluding hydrogens is 337 g/mol. The van der Waals surface area contributed by atoms with Gasteiger partial charge in [0.2, 0.25) is 0 Å². The summed E-state index contributed by atoms with van der Waals surface area (Å²) < 4.78 is 45.0. The standard InChI is InChI=1S/C15H13F3N6O/c1-9-21-23-14(24(9)19)22-20-8-12-5-6-13(25-12)10-3-2-4-11(7-10)15(16,17)18/h2-8H,19H2,1H3,(H,22,23)/b20-8+. The first-order valence-electron chi connectivity index (χ1n) is 7.08.